The van der Waals surface area contributed by atoms with Gasteiger partial charge in [-0.15, -0.1) is 0 Å². The van der Waals surface area contributed by atoms with Crippen molar-refractivity contribution in [3.63, 3.8) is 0 Å². The third-order valence-electron chi connectivity index (χ3n) is 3.06. The van der Waals surface area contributed by atoms with Gasteiger partial charge in [-0.05, 0) is 25.7 Å². The second-order valence-corrected chi connectivity index (χ2v) is 4.77. The van der Waals surface area contributed by atoms with Crippen LogP contribution in [0.4, 0.5) is 0 Å². The van der Waals surface area contributed by atoms with Gasteiger partial charge in [-0.3, -0.25) is 4.99 Å². The molecule has 0 atom stereocenters. The Bertz CT molecular complexity index is 180. The molecule has 0 unspecified atom stereocenters. The highest BCUT2D eigenvalue weighted by Crippen LogP contribution is 2.30. The number of hydrogen-bond acceptors (Lipinski definition) is 1. The highest BCUT2D eigenvalue weighted by molar-refractivity contribution is 5.89. The number of hydrogen-bond donors (Lipinski definition) is 0. The molecule has 1 rings (SSSR count). The summed E-state index contributed by atoms with van der Waals surface area (Å²) in [5, 5.41) is 0. The Labute approximate surface area is 82.6 Å². The predicted molar refractivity (Wildman–Crippen MR) is 59.5 cm³/mol. The van der Waals surface area contributed by atoms with E-state index in [-0.39, 0.29) is 0 Å². The Balaban J connectivity index is 2.58. The minimum atomic E-state index is 0.381. The quantitative estimate of drug-likeness (QED) is 0.627. The first kappa shape index (κ1) is 10.7. The maximum atomic E-state index is 4.73. The lowest BCUT2D eigenvalue weighted by Crippen LogP contribution is -2.23. The third-order valence-corrected chi connectivity index (χ3v) is 3.06. The molecule has 0 N–H and O–H groups in total. The first-order valence-electron chi connectivity index (χ1n) is 5.70. The van der Waals surface area contributed by atoms with Gasteiger partial charge in [0.2, 0.25) is 0 Å². The van der Waals surface area contributed by atoms with E-state index in [4.69, 9.17) is 4.99 Å². The van der Waals surface area contributed by atoms with Crippen molar-refractivity contribution in [3.05, 3.63) is 0 Å². The fourth-order valence-electron chi connectivity index (χ4n) is 2.01. The average Bonchev–Trinajstić information content (AvgIpc) is 2.23. The summed E-state index contributed by atoms with van der Waals surface area (Å²) < 4.78 is 0. The summed E-state index contributed by atoms with van der Waals surface area (Å²) >= 11 is 0. The molecule has 0 saturated heterocycles. The Morgan fingerprint density at radius 1 is 1.31 bits per heavy atom. The Morgan fingerprint density at radius 2 is 2.08 bits per heavy atom. The van der Waals surface area contributed by atoms with Gasteiger partial charge in [-0.25, -0.2) is 0 Å². The minimum absolute atomic E-state index is 0.381. The van der Waals surface area contributed by atoms with E-state index >= 15 is 0 Å². The topological polar surface area (TPSA) is 12.4 Å². The second kappa shape index (κ2) is 4.78. The van der Waals surface area contributed by atoms with Crippen LogP contribution in [-0.2, 0) is 0 Å². The molecule has 0 aliphatic carbocycles. The van der Waals surface area contributed by atoms with E-state index in [1.807, 2.05) is 0 Å². The van der Waals surface area contributed by atoms with Gasteiger partial charge in [0.15, 0.2) is 0 Å². The van der Waals surface area contributed by atoms with Gasteiger partial charge >= 0.3 is 0 Å². The maximum absolute atomic E-state index is 4.73. The molecule has 0 aromatic heterocycles. The normalized spacial score (nSPS) is 22.2. The van der Waals surface area contributed by atoms with Crippen LogP contribution in [0.3, 0.4) is 0 Å². The smallest absolute Gasteiger partial charge is 0.0388 e. The Morgan fingerprint density at radius 3 is 2.77 bits per heavy atom. The Kier molecular flexibility index (Phi) is 3.95. The summed E-state index contributed by atoms with van der Waals surface area (Å²) in [6, 6.07) is 0. The lowest BCUT2D eigenvalue weighted by atomic mass is 9.81. The highest BCUT2D eigenvalue weighted by atomic mass is 14.8. The molecular formula is C12H23N. The van der Waals surface area contributed by atoms with Crippen molar-refractivity contribution in [1.82, 2.24) is 0 Å². The van der Waals surface area contributed by atoms with Crippen LogP contribution in [0.25, 0.3) is 0 Å². The molecule has 1 heterocycles. The molecule has 0 spiro atoms. The number of nitrogens with zero attached hydrogens (tertiary/aromatic N) is 1. The number of rotatable bonds is 3. The second-order valence-electron chi connectivity index (χ2n) is 4.77. The van der Waals surface area contributed by atoms with Gasteiger partial charge in [-0.1, -0.05) is 33.6 Å². The van der Waals surface area contributed by atoms with Crippen molar-refractivity contribution in [1.29, 1.82) is 0 Å². The molecule has 0 fully saturated rings. The van der Waals surface area contributed by atoms with E-state index in [1.165, 1.54) is 44.2 Å². The van der Waals surface area contributed by atoms with Crippen LogP contribution in [0.15, 0.2) is 4.99 Å². The van der Waals surface area contributed by atoms with E-state index in [1.54, 1.807) is 0 Å². The van der Waals surface area contributed by atoms with E-state index in [0.29, 0.717) is 5.41 Å². The molecular weight excluding hydrogens is 158 g/mol. The summed E-state index contributed by atoms with van der Waals surface area (Å²) in [6.45, 7) is 8.03. The minimum Gasteiger partial charge on any atom is -0.294 e. The first-order chi connectivity index (χ1) is 6.17. The van der Waals surface area contributed by atoms with Crippen molar-refractivity contribution < 1.29 is 0 Å². The fourth-order valence-corrected chi connectivity index (χ4v) is 2.01. The van der Waals surface area contributed by atoms with Crippen LogP contribution in [0.5, 0.6) is 0 Å². The van der Waals surface area contributed by atoms with E-state index < -0.39 is 0 Å². The van der Waals surface area contributed by atoms with Crippen LogP contribution in [0.2, 0.25) is 0 Å². The summed E-state index contributed by atoms with van der Waals surface area (Å²) in [7, 11) is 0. The predicted octanol–water partition coefficient (Wildman–Crippen LogP) is 3.83. The molecule has 1 aliphatic heterocycles. The Hall–Kier alpha value is -0.330. The molecule has 0 amide bonds. The van der Waals surface area contributed by atoms with Gasteiger partial charge in [0, 0.05) is 17.7 Å². The lowest BCUT2D eigenvalue weighted by molar-refractivity contribution is 0.454. The van der Waals surface area contributed by atoms with E-state index in [2.05, 4.69) is 20.8 Å². The molecule has 0 aromatic rings. The van der Waals surface area contributed by atoms with Crippen molar-refractivity contribution in [2.75, 3.05) is 6.54 Å². The summed E-state index contributed by atoms with van der Waals surface area (Å²) in [5.41, 5.74) is 1.86. The standard InChI is InChI=1S/C12H23N/c1-4-5-8-11-12(2,3)9-6-7-10-13-11/h4-10H2,1-3H3. The fraction of sp³-hybridized carbons (Fsp3) is 0.917. The zero-order valence-electron chi connectivity index (χ0n) is 9.40. The van der Waals surface area contributed by atoms with Gasteiger partial charge in [0.25, 0.3) is 0 Å². The summed E-state index contributed by atoms with van der Waals surface area (Å²) in [5.74, 6) is 0. The molecule has 1 heteroatoms. The molecule has 13 heavy (non-hydrogen) atoms. The molecule has 76 valence electrons. The molecule has 0 bridgehead atoms. The van der Waals surface area contributed by atoms with Crippen LogP contribution >= 0.6 is 0 Å². The summed E-state index contributed by atoms with van der Waals surface area (Å²) in [4.78, 5) is 4.73. The van der Waals surface area contributed by atoms with Gasteiger partial charge in [0.05, 0.1) is 0 Å². The van der Waals surface area contributed by atoms with Crippen molar-refractivity contribution in [2.24, 2.45) is 10.4 Å². The lowest BCUT2D eigenvalue weighted by Gasteiger charge is -2.25. The molecule has 1 aliphatic rings. The van der Waals surface area contributed by atoms with E-state index in [9.17, 15) is 0 Å². The number of unbranched alkanes of at least 4 members (excludes halogenated alkanes) is 1. The number of aliphatic imine (C=N–C) groups is 1. The van der Waals surface area contributed by atoms with Gasteiger partial charge < -0.3 is 0 Å². The van der Waals surface area contributed by atoms with Crippen LogP contribution in [0, 0.1) is 5.41 Å². The largest absolute Gasteiger partial charge is 0.294 e. The average molecular weight is 181 g/mol. The highest BCUT2D eigenvalue weighted by Gasteiger charge is 2.25. The van der Waals surface area contributed by atoms with Crippen molar-refractivity contribution in [3.8, 4) is 0 Å². The summed E-state index contributed by atoms with van der Waals surface area (Å²) in [6.07, 6.45) is 7.79. The molecule has 0 aromatic carbocycles. The first-order valence-corrected chi connectivity index (χ1v) is 5.70. The van der Waals surface area contributed by atoms with E-state index in [0.717, 1.165) is 6.54 Å². The molecule has 0 radical (unpaired) electrons. The monoisotopic (exact) mass is 181 g/mol. The van der Waals surface area contributed by atoms with Crippen LogP contribution < -0.4 is 0 Å². The maximum Gasteiger partial charge on any atom is 0.0388 e. The molecule has 1 nitrogen and oxygen atoms in total. The molecule has 0 saturated carbocycles. The third kappa shape index (κ3) is 3.13. The van der Waals surface area contributed by atoms with Crippen LogP contribution in [-0.4, -0.2) is 12.3 Å². The SMILES string of the molecule is CCCCC1=NCCCCC1(C)C. The van der Waals surface area contributed by atoms with Gasteiger partial charge in [0.1, 0.15) is 0 Å². The zero-order chi connectivity index (χ0) is 9.73. The van der Waals surface area contributed by atoms with Crippen molar-refractivity contribution in [2.45, 2.75) is 59.3 Å². The van der Waals surface area contributed by atoms with Gasteiger partial charge in [-0.2, -0.15) is 0 Å². The van der Waals surface area contributed by atoms with Crippen LogP contribution in [0.1, 0.15) is 59.3 Å². The zero-order valence-corrected chi connectivity index (χ0v) is 9.40. The van der Waals surface area contributed by atoms with Crippen molar-refractivity contribution >= 4 is 5.71 Å².